The van der Waals surface area contributed by atoms with E-state index in [0.717, 1.165) is 27.9 Å². The van der Waals surface area contributed by atoms with Gasteiger partial charge in [-0.05, 0) is 53.6 Å². The zero-order chi connectivity index (χ0) is 18.1. The Kier molecular flexibility index (Phi) is 4.00. The number of halogens is 1. The van der Waals surface area contributed by atoms with Crippen LogP contribution in [0.15, 0.2) is 72.9 Å². The van der Waals surface area contributed by atoms with Crippen LogP contribution in [0.1, 0.15) is 11.7 Å². The van der Waals surface area contributed by atoms with Crippen LogP contribution in [0.2, 0.25) is 0 Å². The Morgan fingerprint density at radius 3 is 2.54 bits per heavy atom. The summed E-state index contributed by atoms with van der Waals surface area (Å²) in [5, 5.41) is 14.6. The minimum atomic E-state index is -0.956. The van der Waals surface area contributed by atoms with Gasteiger partial charge in [-0.3, -0.25) is 0 Å². The molecule has 3 nitrogen and oxygen atoms in total. The lowest BCUT2D eigenvalue weighted by molar-refractivity contribution is 0.239. The molecule has 0 aliphatic carbocycles. The Labute approximate surface area is 150 Å². The molecule has 2 aromatic heterocycles. The number of hydrogen-bond donors (Lipinski definition) is 1. The maximum Gasteiger partial charge on any atom is 0.140 e. The average Bonchev–Trinajstić information content (AvgIpc) is 3.11. The molecule has 0 amide bonds. The molecule has 0 fully saturated rings. The molecule has 4 heteroatoms. The van der Waals surface area contributed by atoms with E-state index in [1.807, 2.05) is 48.7 Å². The van der Waals surface area contributed by atoms with Crippen LogP contribution < -0.4 is 0 Å². The second kappa shape index (κ2) is 6.47. The van der Waals surface area contributed by atoms with E-state index in [-0.39, 0.29) is 5.82 Å². The van der Waals surface area contributed by atoms with Crippen molar-refractivity contribution in [1.82, 2.24) is 9.61 Å². The van der Waals surface area contributed by atoms with Crippen LogP contribution in [0.5, 0.6) is 0 Å². The fraction of sp³-hybridized carbons (Fsp3) is 0.0455. The number of nitrogens with zero attached hydrogens (tertiary/aromatic N) is 2. The molecule has 4 aromatic rings. The summed E-state index contributed by atoms with van der Waals surface area (Å²) in [6, 6.07) is 19.6. The Bertz CT molecular complexity index is 1120. The smallest absolute Gasteiger partial charge is 0.140 e. The molecule has 0 aliphatic heterocycles. The minimum absolute atomic E-state index is 0.275. The molecule has 1 unspecified atom stereocenters. The number of benzene rings is 2. The van der Waals surface area contributed by atoms with Gasteiger partial charge in [0.15, 0.2) is 0 Å². The van der Waals surface area contributed by atoms with Gasteiger partial charge in [0.05, 0.1) is 11.2 Å². The topological polar surface area (TPSA) is 37.5 Å². The summed E-state index contributed by atoms with van der Waals surface area (Å²) in [5.74, 6) is 2.09. The average molecular weight is 342 g/mol. The molecule has 0 spiro atoms. The molecule has 1 atom stereocenters. The van der Waals surface area contributed by atoms with Crippen molar-refractivity contribution in [2.75, 3.05) is 0 Å². The van der Waals surface area contributed by atoms with Gasteiger partial charge in [0.25, 0.3) is 0 Å². The molecule has 0 aliphatic rings. The zero-order valence-electron chi connectivity index (χ0n) is 13.8. The van der Waals surface area contributed by atoms with Crippen LogP contribution in [0.25, 0.3) is 27.9 Å². The van der Waals surface area contributed by atoms with E-state index < -0.39 is 6.10 Å². The molecule has 0 saturated heterocycles. The van der Waals surface area contributed by atoms with Gasteiger partial charge in [-0.1, -0.05) is 30.2 Å². The highest BCUT2D eigenvalue weighted by Gasteiger charge is 2.12. The lowest BCUT2D eigenvalue weighted by Gasteiger charge is -2.11. The lowest BCUT2D eigenvalue weighted by Crippen LogP contribution is -1.97. The molecule has 2 aromatic carbocycles. The Balaban J connectivity index is 1.80. The molecule has 0 bridgehead atoms. The van der Waals surface area contributed by atoms with Crippen molar-refractivity contribution in [3.05, 3.63) is 84.3 Å². The van der Waals surface area contributed by atoms with Crippen molar-refractivity contribution in [3.63, 3.8) is 0 Å². The number of terminal acetylenes is 1. The normalized spacial score (nSPS) is 12.0. The van der Waals surface area contributed by atoms with Crippen LogP contribution in [0.4, 0.5) is 4.39 Å². The number of pyridine rings is 1. The fourth-order valence-corrected chi connectivity index (χ4v) is 3.01. The van der Waals surface area contributed by atoms with E-state index in [1.54, 1.807) is 16.6 Å². The van der Waals surface area contributed by atoms with Gasteiger partial charge in [0.1, 0.15) is 11.9 Å². The number of fused-ring (bicyclic) bond motifs is 1. The molecule has 2 heterocycles. The Hall–Kier alpha value is -3.42. The van der Waals surface area contributed by atoms with Gasteiger partial charge >= 0.3 is 0 Å². The largest absolute Gasteiger partial charge is 0.376 e. The van der Waals surface area contributed by atoms with E-state index in [2.05, 4.69) is 11.0 Å². The highest BCUT2D eigenvalue weighted by atomic mass is 19.1. The quantitative estimate of drug-likeness (QED) is 0.558. The van der Waals surface area contributed by atoms with Crippen molar-refractivity contribution in [3.8, 4) is 34.7 Å². The van der Waals surface area contributed by atoms with E-state index in [0.29, 0.717) is 5.56 Å². The van der Waals surface area contributed by atoms with E-state index >= 15 is 0 Å². The van der Waals surface area contributed by atoms with Gasteiger partial charge in [-0.2, -0.15) is 5.10 Å². The second-order valence-corrected chi connectivity index (χ2v) is 5.98. The number of aromatic nitrogens is 2. The van der Waals surface area contributed by atoms with Gasteiger partial charge in [-0.25, -0.2) is 8.91 Å². The van der Waals surface area contributed by atoms with Crippen molar-refractivity contribution >= 4 is 5.52 Å². The van der Waals surface area contributed by atoms with Crippen molar-refractivity contribution in [1.29, 1.82) is 0 Å². The predicted molar refractivity (Wildman–Crippen MR) is 99.8 cm³/mol. The molecule has 26 heavy (non-hydrogen) atoms. The van der Waals surface area contributed by atoms with Gasteiger partial charge in [0, 0.05) is 17.3 Å². The molecule has 4 rings (SSSR count). The second-order valence-electron chi connectivity index (χ2n) is 5.98. The van der Waals surface area contributed by atoms with Gasteiger partial charge < -0.3 is 5.11 Å². The summed E-state index contributed by atoms with van der Waals surface area (Å²) in [6.45, 7) is 0. The first kappa shape index (κ1) is 16.1. The summed E-state index contributed by atoms with van der Waals surface area (Å²) in [7, 11) is 0. The van der Waals surface area contributed by atoms with Gasteiger partial charge in [-0.15, -0.1) is 6.42 Å². The van der Waals surface area contributed by atoms with E-state index in [1.165, 1.54) is 12.1 Å². The summed E-state index contributed by atoms with van der Waals surface area (Å²) in [4.78, 5) is 0. The maximum absolute atomic E-state index is 13.1. The summed E-state index contributed by atoms with van der Waals surface area (Å²) < 4.78 is 14.9. The highest BCUT2D eigenvalue weighted by molar-refractivity contribution is 5.74. The number of rotatable bonds is 3. The maximum atomic E-state index is 13.1. The van der Waals surface area contributed by atoms with Crippen molar-refractivity contribution in [2.45, 2.75) is 6.10 Å². The van der Waals surface area contributed by atoms with Crippen LogP contribution >= 0.6 is 0 Å². The predicted octanol–water partition coefficient (Wildman–Crippen LogP) is 4.47. The van der Waals surface area contributed by atoms with Crippen molar-refractivity contribution < 1.29 is 9.50 Å². The monoisotopic (exact) mass is 342 g/mol. The first-order valence-electron chi connectivity index (χ1n) is 8.14. The number of aliphatic hydroxyl groups is 1. The Morgan fingerprint density at radius 2 is 1.77 bits per heavy atom. The zero-order valence-corrected chi connectivity index (χ0v) is 13.8. The number of hydrogen-bond acceptors (Lipinski definition) is 2. The first-order valence-corrected chi connectivity index (χ1v) is 8.14. The van der Waals surface area contributed by atoms with Crippen LogP contribution in [-0.4, -0.2) is 14.7 Å². The highest BCUT2D eigenvalue weighted by Crippen LogP contribution is 2.30. The number of aliphatic hydroxyl groups excluding tert-OH is 1. The van der Waals surface area contributed by atoms with Crippen LogP contribution in [-0.2, 0) is 0 Å². The molecular weight excluding hydrogens is 327 g/mol. The summed E-state index contributed by atoms with van der Waals surface area (Å²) in [6.07, 6.45) is 6.28. The summed E-state index contributed by atoms with van der Waals surface area (Å²) >= 11 is 0. The third-order valence-electron chi connectivity index (χ3n) is 4.33. The van der Waals surface area contributed by atoms with E-state index in [9.17, 15) is 9.50 Å². The van der Waals surface area contributed by atoms with Crippen LogP contribution in [0, 0.1) is 18.2 Å². The summed E-state index contributed by atoms with van der Waals surface area (Å²) in [5.41, 5.74) is 5.02. The van der Waals surface area contributed by atoms with Gasteiger partial charge in [0.2, 0.25) is 0 Å². The Morgan fingerprint density at radius 1 is 1.00 bits per heavy atom. The van der Waals surface area contributed by atoms with Crippen molar-refractivity contribution in [2.24, 2.45) is 0 Å². The third kappa shape index (κ3) is 2.85. The fourth-order valence-electron chi connectivity index (χ4n) is 3.01. The first-order chi connectivity index (χ1) is 12.7. The van der Waals surface area contributed by atoms with Crippen LogP contribution in [0.3, 0.4) is 0 Å². The molecule has 0 saturated carbocycles. The molecule has 1 N–H and O–H groups in total. The minimum Gasteiger partial charge on any atom is -0.376 e. The third-order valence-corrected chi connectivity index (χ3v) is 4.33. The van der Waals surface area contributed by atoms with E-state index in [4.69, 9.17) is 6.42 Å². The SMILES string of the molecule is C#CC(O)c1ccccc1-c1ccn2nc(-c3ccc(F)cc3)cc2c1. The standard InChI is InChI=1S/C22H15FN2O/c1-2-22(26)20-6-4-3-5-19(20)16-11-12-25-18(13-16)14-21(24-25)15-7-9-17(23)10-8-15/h1,3-14,22,26H. The lowest BCUT2D eigenvalue weighted by atomic mass is 9.97. The molecule has 0 radical (unpaired) electrons. The molecular formula is C22H15FN2O. The molecule has 126 valence electrons.